The van der Waals surface area contributed by atoms with Gasteiger partial charge in [0.05, 0.1) is 6.61 Å². The van der Waals surface area contributed by atoms with Gasteiger partial charge in [0.25, 0.3) is 0 Å². The van der Waals surface area contributed by atoms with Crippen molar-refractivity contribution in [1.82, 2.24) is 0 Å². The molecule has 3 unspecified atom stereocenters. The van der Waals surface area contributed by atoms with Crippen LogP contribution in [0.1, 0.15) is 34.1 Å². The molecule has 20 heavy (non-hydrogen) atoms. The molecule has 0 aromatic heterocycles. The first-order chi connectivity index (χ1) is 9.14. The van der Waals surface area contributed by atoms with Crippen LogP contribution < -0.4 is 0 Å². The molecule has 8 nitrogen and oxygen atoms in total. The second-order valence-electron chi connectivity index (χ2n) is 4.94. The van der Waals surface area contributed by atoms with Gasteiger partial charge in [0, 0.05) is 6.42 Å². The average Bonchev–Trinajstić information content (AvgIpc) is 2.36. The molecule has 0 aliphatic carbocycles. The quantitative estimate of drug-likeness (QED) is 0.321. The van der Waals surface area contributed by atoms with Gasteiger partial charge in [-0.05, 0) is 27.7 Å². The minimum atomic E-state index is -2.03. The number of rotatable bonds is 8. The van der Waals surface area contributed by atoms with E-state index in [1.165, 1.54) is 13.8 Å². The van der Waals surface area contributed by atoms with Gasteiger partial charge in [-0.25, -0.2) is 14.5 Å². The van der Waals surface area contributed by atoms with Crippen LogP contribution in [0.4, 0.5) is 0 Å². The van der Waals surface area contributed by atoms with Gasteiger partial charge in [0.15, 0.2) is 12.2 Å². The highest BCUT2D eigenvalue weighted by atomic mass is 17.1. The Bertz CT molecular complexity index is 327. The third kappa shape index (κ3) is 6.29. The third-order valence-corrected chi connectivity index (χ3v) is 2.41. The van der Waals surface area contributed by atoms with E-state index in [2.05, 4.69) is 9.62 Å². The molecule has 0 aromatic carbocycles. The van der Waals surface area contributed by atoms with Crippen molar-refractivity contribution in [2.24, 2.45) is 0 Å². The van der Waals surface area contributed by atoms with Crippen molar-refractivity contribution in [2.75, 3.05) is 6.61 Å². The monoisotopic (exact) mass is 294 g/mol. The van der Waals surface area contributed by atoms with E-state index in [-0.39, 0.29) is 13.0 Å². The molecule has 0 aliphatic rings. The number of carbonyl (C=O) groups is 2. The number of aliphatic hydroxyl groups excluding tert-OH is 2. The van der Waals surface area contributed by atoms with Crippen molar-refractivity contribution >= 4 is 11.9 Å². The molecule has 0 bridgehead atoms. The summed E-state index contributed by atoms with van der Waals surface area (Å²) in [6.07, 6.45) is -4.59. The Morgan fingerprint density at radius 1 is 1.15 bits per heavy atom. The van der Waals surface area contributed by atoms with E-state index in [0.717, 1.165) is 0 Å². The molecule has 118 valence electrons. The number of hydrogen-bond donors (Lipinski definition) is 3. The fourth-order valence-corrected chi connectivity index (χ4v) is 1.52. The van der Waals surface area contributed by atoms with Gasteiger partial charge in [-0.2, -0.15) is 0 Å². The maximum atomic E-state index is 11.5. The molecule has 0 radical (unpaired) electrons. The molecule has 0 spiro atoms. The van der Waals surface area contributed by atoms with Gasteiger partial charge < -0.3 is 19.7 Å². The van der Waals surface area contributed by atoms with Crippen molar-refractivity contribution in [3.05, 3.63) is 0 Å². The summed E-state index contributed by atoms with van der Waals surface area (Å²) < 4.78 is 9.32. The maximum Gasteiger partial charge on any atom is 0.338 e. The van der Waals surface area contributed by atoms with Crippen LogP contribution >= 0.6 is 0 Å². The fourth-order valence-electron chi connectivity index (χ4n) is 1.52. The van der Waals surface area contributed by atoms with Crippen molar-refractivity contribution in [3.63, 3.8) is 0 Å². The maximum absolute atomic E-state index is 11.5. The molecule has 3 N–H and O–H groups in total. The lowest BCUT2D eigenvalue weighted by Gasteiger charge is -2.25. The Labute approximate surface area is 117 Å². The molecule has 3 atom stereocenters. The van der Waals surface area contributed by atoms with E-state index in [1.54, 1.807) is 13.8 Å². The summed E-state index contributed by atoms with van der Waals surface area (Å²) >= 11 is 0. The molecule has 0 fully saturated rings. The first-order valence-electron chi connectivity index (χ1n) is 6.20. The number of aliphatic hydroxyl groups is 2. The van der Waals surface area contributed by atoms with Gasteiger partial charge in [-0.3, -0.25) is 5.26 Å². The minimum absolute atomic E-state index is 0.0100. The smallest absolute Gasteiger partial charge is 0.338 e. The molecule has 0 saturated heterocycles. The average molecular weight is 294 g/mol. The van der Waals surface area contributed by atoms with Crippen LogP contribution in [-0.2, 0) is 24.0 Å². The summed E-state index contributed by atoms with van der Waals surface area (Å²) in [7, 11) is 0. The Kier molecular flexibility index (Phi) is 7.66. The molecule has 0 heterocycles. The summed E-state index contributed by atoms with van der Waals surface area (Å²) in [5.41, 5.74) is -0.940. The third-order valence-electron chi connectivity index (χ3n) is 2.41. The molecule has 0 saturated carbocycles. The zero-order valence-corrected chi connectivity index (χ0v) is 12.0. The van der Waals surface area contributed by atoms with Crippen molar-refractivity contribution in [1.29, 1.82) is 0 Å². The highest BCUT2D eigenvalue weighted by molar-refractivity contribution is 5.85. The van der Waals surface area contributed by atoms with Crippen LogP contribution in [0.2, 0.25) is 0 Å². The number of ether oxygens (including phenoxy) is 2. The van der Waals surface area contributed by atoms with Crippen LogP contribution in [-0.4, -0.2) is 57.9 Å². The highest BCUT2D eigenvalue weighted by Crippen LogP contribution is 2.17. The van der Waals surface area contributed by atoms with E-state index >= 15 is 0 Å². The Morgan fingerprint density at radius 3 is 2.10 bits per heavy atom. The first kappa shape index (κ1) is 18.8. The molecule has 0 amide bonds. The molecule has 8 heteroatoms. The van der Waals surface area contributed by atoms with E-state index < -0.39 is 35.9 Å². The predicted molar refractivity (Wildman–Crippen MR) is 66.6 cm³/mol. The predicted octanol–water partition coefficient (Wildman–Crippen LogP) is -0.139. The van der Waals surface area contributed by atoms with E-state index in [9.17, 15) is 19.8 Å². The normalized spacial score (nSPS) is 16.1. The van der Waals surface area contributed by atoms with E-state index in [1.807, 2.05) is 0 Å². The Morgan fingerprint density at radius 2 is 1.65 bits per heavy atom. The summed E-state index contributed by atoms with van der Waals surface area (Å²) in [4.78, 5) is 26.9. The van der Waals surface area contributed by atoms with Gasteiger partial charge in [0.2, 0.25) is 0 Å². The number of hydrogen-bond acceptors (Lipinski definition) is 8. The van der Waals surface area contributed by atoms with Gasteiger partial charge >= 0.3 is 11.9 Å². The summed E-state index contributed by atoms with van der Waals surface area (Å²) in [5, 5.41) is 27.5. The van der Waals surface area contributed by atoms with Crippen molar-refractivity contribution < 1.29 is 39.4 Å². The molecular weight excluding hydrogens is 272 g/mol. The summed E-state index contributed by atoms with van der Waals surface area (Å²) in [6, 6.07) is 0. The van der Waals surface area contributed by atoms with Crippen LogP contribution in [0.5, 0.6) is 0 Å². The summed E-state index contributed by atoms with van der Waals surface area (Å²) in [6.45, 7) is 6.19. The largest absolute Gasteiger partial charge is 0.464 e. The van der Waals surface area contributed by atoms with Gasteiger partial charge in [-0.1, -0.05) is 0 Å². The Balaban J connectivity index is 4.42. The Hall–Kier alpha value is -1.22. The SMILES string of the molecule is CCOC(=O)C(O)C(O)C(=O)OC(C)CC(C)(C)OO. The summed E-state index contributed by atoms with van der Waals surface area (Å²) in [5.74, 6) is -2.27. The van der Waals surface area contributed by atoms with E-state index in [0.29, 0.717) is 0 Å². The van der Waals surface area contributed by atoms with E-state index in [4.69, 9.17) is 9.99 Å². The second kappa shape index (κ2) is 8.15. The topological polar surface area (TPSA) is 123 Å². The molecule has 0 rings (SSSR count). The zero-order valence-electron chi connectivity index (χ0n) is 12.0. The minimum Gasteiger partial charge on any atom is -0.464 e. The molecular formula is C12H22O8. The fraction of sp³-hybridized carbons (Fsp3) is 0.833. The molecule has 0 aliphatic heterocycles. The van der Waals surface area contributed by atoms with Gasteiger partial charge in [0.1, 0.15) is 11.7 Å². The lowest BCUT2D eigenvalue weighted by Crippen LogP contribution is -2.43. The zero-order chi connectivity index (χ0) is 15.9. The standard InChI is InChI=1S/C12H22O8/c1-5-18-10(15)8(13)9(14)11(16)19-7(2)6-12(3,4)20-17/h7-9,13-14,17H,5-6H2,1-4H3. The lowest BCUT2D eigenvalue weighted by atomic mass is 10.0. The van der Waals surface area contributed by atoms with Crippen LogP contribution in [0.15, 0.2) is 0 Å². The number of esters is 2. The van der Waals surface area contributed by atoms with Crippen molar-refractivity contribution in [3.8, 4) is 0 Å². The van der Waals surface area contributed by atoms with Gasteiger partial charge in [-0.15, -0.1) is 0 Å². The van der Waals surface area contributed by atoms with Crippen LogP contribution in [0, 0.1) is 0 Å². The molecule has 0 aromatic rings. The highest BCUT2D eigenvalue weighted by Gasteiger charge is 2.34. The van der Waals surface area contributed by atoms with Crippen LogP contribution in [0.25, 0.3) is 0 Å². The lowest BCUT2D eigenvalue weighted by molar-refractivity contribution is -0.317. The van der Waals surface area contributed by atoms with Crippen LogP contribution in [0.3, 0.4) is 0 Å². The first-order valence-corrected chi connectivity index (χ1v) is 6.20. The van der Waals surface area contributed by atoms with Crippen molar-refractivity contribution in [2.45, 2.75) is 58.0 Å². The second-order valence-corrected chi connectivity index (χ2v) is 4.94. The number of carbonyl (C=O) groups excluding carboxylic acids is 2.